The highest BCUT2D eigenvalue weighted by Crippen LogP contribution is 2.42. The second kappa shape index (κ2) is 8.93. The summed E-state index contributed by atoms with van der Waals surface area (Å²) in [6, 6.07) is 8.93. The molecule has 0 bridgehead atoms. The molecule has 3 aromatic rings. The van der Waals surface area contributed by atoms with Gasteiger partial charge in [0.1, 0.15) is 0 Å². The second-order valence-electron chi connectivity index (χ2n) is 7.96. The number of para-hydroxylation sites is 1. The first-order valence-corrected chi connectivity index (χ1v) is 11.1. The number of thioether (sulfide) groups is 1. The molecule has 0 radical (unpaired) electrons. The van der Waals surface area contributed by atoms with Gasteiger partial charge in [-0.1, -0.05) is 37.7 Å². The SMILES string of the molecule is CC(C)C(Sc1nnc(-c2cccnc2)n1C1CC1)C(=O)Nc1ccccc1C(F)(F)F. The van der Waals surface area contributed by atoms with E-state index in [4.69, 9.17) is 0 Å². The molecule has 4 rings (SSSR count). The molecule has 0 spiro atoms. The van der Waals surface area contributed by atoms with Gasteiger partial charge in [0.15, 0.2) is 11.0 Å². The Balaban J connectivity index is 1.60. The van der Waals surface area contributed by atoms with Crippen LogP contribution in [-0.2, 0) is 11.0 Å². The van der Waals surface area contributed by atoms with Gasteiger partial charge in [-0.25, -0.2) is 0 Å². The molecule has 1 amide bonds. The molecular formula is C22H22F3N5OS. The first-order valence-electron chi connectivity index (χ1n) is 10.2. The van der Waals surface area contributed by atoms with Crippen molar-refractivity contribution in [1.82, 2.24) is 19.7 Å². The fourth-order valence-corrected chi connectivity index (χ4v) is 4.46. The van der Waals surface area contributed by atoms with Crippen molar-refractivity contribution < 1.29 is 18.0 Å². The lowest BCUT2D eigenvalue weighted by molar-refractivity contribution is -0.137. The number of halogens is 3. The van der Waals surface area contributed by atoms with Crippen LogP contribution in [-0.4, -0.2) is 30.9 Å². The molecule has 10 heteroatoms. The molecular weight excluding hydrogens is 439 g/mol. The van der Waals surface area contributed by atoms with Gasteiger partial charge in [-0.2, -0.15) is 13.2 Å². The number of anilines is 1. The number of pyridine rings is 1. The molecule has 1 aliphatic rings. The Morgan fingerprint density at radius 2 is 1.91 bits per heavy atom. The van der Waals surface area contributed by atoms with E-state index in [9.17, 15) is 18.0 Å². The maximum atomic E-state index is 13.3. The van der Waals surface area contributed by atoms with Crippen molar-refractivity contribution in [3.05, 3.63) is 54.4 Å². The largest absolute Gasteiger partial charge is 0.418 e. The third-order valence-corrected chi connectivity index (χ3v) is 6.58. The number of benzene rings is 1. The first kappa shape index (κ1) is 22.3. The summed E-state index contributed by atoms with van der Waals surface area (Å²) in [6.07, 6.45) is 0.787. The number of carbonyl (C=O) groups excluding carboxylic acids is 1. The Bertz CT molecular complexity index is 1100. The van der Waals surface area contributed by atoms with E-state index in [1.165, 1.54) is 30.0 Å². The van der Waals surface area contributed by atoms with E-state index in [0.29, 0.717) is 11.0 Å². The van der Waals surface area contributed by atoms with Crippen molar-refractivity contribution in [2.75, 3.05) is 5.32 Å². The summed E-state index contributed by atoms with van der Waals surface area (Å²) in [6.45, 7) is 3.71. The monoisotopic (exact) mass is 461 g/mol. The highest BCUT2D eigenvalue weighted by molar-refractivity contribution is 8.00. The van der Waals surface area contributed by atoms with Gasteiger partial charge in [0.25, 0.3) is 0 Å². The molecule has 2 heterocycles. The topological polar surface area (TPSA) is 72.7 Å². The van der Waals surface area contributed by atoms with E-state index in [2.05, 4.69) is 20.5 Å². The number of amides is 1. The lowest BCUT2D eigenvalue weighted by Gasteiger charge is -2.21. The zero-order valence-corrected chi connectivity index (χ0v) is 18.3. The summed E-state index contributed by atoms with van der Waals surface area (Å²) >= 11 is 1.22. The van der Waals surface area contributed by atoms with Gasteiger partial charge >= 0.3 is 6.18 Å². The number of hydrogen-bond acceptors (Lipinski definition) is 5. The molecule has 168 valence electrons. The van der Waals surface area contributed by atoms with Crippen LogP contribution < -0.4 is 5.32 Å². The average molecular weight is 462 g/mol. The van der Waals surface area contributed by atoms with Crippen LogP contribution in [0.4, 0.5) is 18.9 Å². The molecule has 32 heavy (non-hydrogen) atoms. The Morgan fingerprint density at radius 3 is 2.53 bits per heavy atom. The summed E-state index contributed by atoms with van der Waals surface area (Å²) < 4.78 is 42.0. The van der Waals surface area contributed by atoms with E-state index in [1.54, 1.807) is 12.4 Å². The molecule has 1 aliphatic carbocycles. The van der Waals surface area contributed by atoms with Crippen LogP contribution in [0.3, 0.4) is 0 Å². The van der Waals surface area contributed by atoms with Crippen molar-refractivity contribution in [3.8, 4) is 11.4 Å². The smallest absolute Gasteiger partial charge is 0.325 e. The molecule has 1 aromatic carbocycles. The van der Waals surface area contributed by atoms with Gasteiger partial charge < -0.3 is 5.32 Å². The van der Waals surface area contributed by atoms with Gasteiger partial charge in [-0.05, 0) is 43.0 Å². The summed E-state index contributed by atoms with van der Waals surface area (Å²) in [4.78, 5) is 17.2. The Labute approximate surface area is 187 Å². The molecule has 0 aliphatic heterocycles. The molecule has 0 saturated heterocycles. The summed E-state index contributed by atoms with van der Waals surface area (Å²) in [5.41, 5.74) is -0.305. The van der Waals surface area contributed by atoms with Gasteiger partial charge in [0, 0.05) is 24.0 Å². The third kappa shape index (κ3) is 4.79. The normalized spacial score (nSPS) is 15.1. The number of alkyl halides is 3. The number of carbonyl (C=O) groups is 1. The highest BCUT2D eigenvalue weighted by Gasteiger charge is 2.36. The predicted octanol–water partition coefficient (Wildman–Crippen LogP) is 5.45. The van der Waals surface area contributed by atoms with E-state index >= 15 is 0 Å². The number of nitrogens with one attached hydrogen (secondary N) is 1. The maximum absolute atomic E-state index is 13.3. The van der Waals surface area contributed by atoms with E-state index in [1.807, 2.05) is 30.5 Å². The highest BCUT2D eigenvalue weighted by atomic mass is 32.2. The number of nitrogens with zero attached hydrogens (tertiary/aromatic N) is 4. The van der Waals surface area contributed by atoms with Gasteiger partial charge in [0.2, 0.25) is 5.91 Å². The van der Waals surface area contributed by atoms with Crippen LogP contribution in [0, 0.1) is 5.92 Å². The molecule has 1 atom stereocenters. The van der Waals surface area contributed by atoms with Crippen LogP contribution in [0.2, 0.25) is 0 Å². The first-order chi connectivity index (χ1) is 15.3. The fraction of sp³-hybridized carbons (Fsp3) is 0.364. The molecule has 1 saturated carbocycles. The summed E-state index contributed by atoms with van der Waals surface area (Å²) in [5, 5.41) is 11.0. The fourth-order valence-electron chi connectivity index (χ4n) is 3.36. The van der Waals surface area contributed by atoms with E-state index < -0.39 is 22.9 Å². The lowest BCUT2D eigenvalue weighted by Crippen LogP contribution is -2.30. The Kier molecular flexibility index (Phi) is 6.23. The molecule has 1 N–H and O–H groups in total. The summed E-state index contributed by atoms with van der Waals surface area (Å²) in [5.74, 6) is 0.0210. The van der Waals surface area contributed by atoms with Gasteiger partial charge in [0.05, 0.1) is 16.5 Å². The zero-order chi connectivity index (χ0) is 22.9. The molecule has 1 unspecified atom stereocenters. The van der Waals surface area contributed by atoms with Crippen LogP contribution >= 0.6 is 11.8 Å². The van der Waals surface area contributed by atoms with Crippen LogP contribution in [0.25, 0.3) is 11.4 Å². The van der Waals surface area contributed by atoms with Crippen molar-refractivity contribution >= 4 is 23.4 Å². The minimum atomic E-state index is -4.56. The average Bonchev–Trinajstić information content (AvgIpc) is 3.51. The van der Waals surface area contributed by atoms with E-state index in [-0.39, 0.29) is 17.6 Å². The van der Waals surface area contributed by atoms with Crippen molar-refractivity contribution in [2.45, 2.75) is 49.3 Å². The maximum Gasteiger partial charge on any atom is 0.418 e. The summed E-state index contributed by atoms with van der Waals surface area (Å²) in [7, 11) is 0. The van der Waals surface area contributed by atoms with E-state index in [0.717, 1.165) is 24.5 Å². The minimum absolute atomic E-state index is 0.149. The lowest BCUT2D eigenvalue weighted by atomic mass is 10.1. The molecule has 6 nitrogen and oxygen atoms in total. The quantitative estimate of drug-likeness (QED) is 0.474. The van der Waals surface area contributed by atoms with Crippen LogP contribution in [0.15, 0.2) is 53.9 Å². The van der Waals surface area contributed by atoms with Crippen molar-refractivity contribution in [1.29, 1.82) is 0 Å². The predicted molar refractivity (Wildman–Crippen MR) is 116 cm³/mol. The third-order valence-electron chi connectivity index (χ3n) is 5.08. The van der Waals surface area contributed by atoms with Crippen molar-refractivity contribution in [2.24, 2.45) is 5.92 Å². The number of rotatable bonds is 7. The number of hydrogen-bond donors (Lipinski definition) is 1. The zero-order valence-electron chi connectivity index (χ0n) is 17.5. The van der Waals surface area contributed by atoms with Gasteiger partial charge in [-0.3, -0.25) is 14.3 Å². The Morgan fingerprint density at radius 1 is 1.16 bits per heavy atom. The van der Waals surface area contributed by atoms with Gasteiger partial charge in [-0.15, -0.1) is 10.2 Å². The Hall–Kier alpha value is -2.88. The van der Waals surface area contributed by atoms with Crippen molar-refractivity contribution in [3.63, 3.8) is 0 Å². The molecule has 2 aromatic heterocycles. The minimum Gasteiger partial charge on any atom is -0.325 e. The van der Waals surface area contributed by atoms with Crippen LogP contribution in [0.1, 0.15) is 38.3 Å². The molecule has 1 fully saturated rings. The van der Waals surface area contributed by atoms with Crippen LogP contribution in [0.5, 0.6) is 0 Å². The second-order valence-corrected chi connectivity index (χ2v) is 9.07. The number of aromatic nitrogens is 4. The standard InChI is InChI=1S/C22H22F3N5OS/c1-13(2)18(20(31)27-17-8-4-3-7-16(17)22(23,24)25)32-21-29-28-19(30(21)15-9-10-15)14-6-5-11-26-12-14/h3-8,11-13,15,18H,9-10H2,1-2H3,(H,27,31).